The summed E-state index contributed by atoms with van der Waals surface area (Å²) in [6.45, 7) is 2.73. The smallest absolute Gasteiger partial charge is 0.223 e. The van der Waals surface area contributed by atoms with Crippen LogP contribution in [0.1, 0.15) is 36.5 Å². The molecule has 0 unspecified atom stereocenters. The van der Waals surface area contributed by atoms with Gasteiger partial charge in [-0.2, -0.15) is 4.98 Å². The molecule has 1 saturated heterocycles. The molecular formula is C17H20ClN3O3S. The van der Waals surface area contributed by atoms with E-state index in [2.05, 4.69) is 10.1 Å². The number of benzene rings is 1. The van der Waals surface area contributed by atoms with Crippen molar-refractivity contribution in [3.05, 3.63) is 46.6 Å². The molecular weight excluding hydrogens is 362 g/mol. The molecule has 1 saturated carbocycles. The fraction of sp³-hybridized carbons (Fsp3) is 0.529. The number of aryl methyl sites for hydroxylation is 1. The Hall–Kier alpha value is -1.44. The van der Waals surface area contributed by atoms with Gasteiger partial charge in [-0.15, -0.1) is 0 Å². The third-order valence-corrected chi connectivity index (χ3v) is 7.48. The molecule has 2 aliphatic rings. The third-order valence-electron chi connectivity index (χ3n) is 5.47. The molecule has 0 bridgehead atoms. The van der Waals surface area contributed by atoms with E-state index < -0.39 is 10.0 Å². The zero-order valence-electron chi connectivity index (χ0n) is 14.0. The Balaban J connectivity index is 1.59. The average molecular weight is 382 g/mol. The number of hydrogen-bond acceptors (Lipinski definition) is 5. The first kappa shape index (κ1) is 17.0. The summed E-state index contributed by atoms with van der Waals surface area (Å²) in [4.78, 5) is 4.42. The van der Waals surface area contributed by atoms with Crippen LogP contribution in [0.4, 0.5) is 0 Å². The van der Waals surface area contributed by atoms with Crippen molar-refractivity contribution < 1.29 is 12.9 Å². The van der Waals surface area contributed by atoms with E-state index in [0.717, 1.165) is 24.8 Å². The Morgan fingerprint density at radius 1 is 1.36 bits per heavy atom. The summed E-state index contributed by atoms with van der Waals surface area (Å²) in [5.41, 5.74) is 0.441. The first-order valence-corrected chi connectivity index (χ1v) is 10.4. The predicted molar refractivity (Wildman–Crippen MR) is 93.7 cm³/mol. The Kier molecular flexibility index (Phi) is 4.13. The topological polar surface area (TPSA) is 76.3 Å². The number of sulfonamides is 1. The number of nitrogens with zero attached hydrogens (tertiary/aromatic N) is 3. The van der Waals surface area contributed by atoms with Crippen LogP contribution in [0.25, 0.3) is 0 Å². The quantitative estimate of drug-likeness (QED) is 0.813. The molecule has 0 radical (unpaired) electrons. The second-order valence-electron chi connectivity index (χ2n) is 7.06. The van der Waals surface area contributed by atoms with Crippen molar-refractivity contribution in [1.82, 2.24) is 14.4 Å². The van der Waals surface area contributed by atoms with Crippen LogP contribution in [0.3, 0.4) is 0 Å². The lowest BCUT2D eigenvalue weighted by Gasteiger charge is -2.24. The number of halogens is 1. The van der Waals surface area contributed by atoms with Crippen LogP contribution in [0.2, 0.25) is 5.02 Å². The summed E-state index contributed by atoms with van der Waals surface area (Å²) in [7, 11) is -3.40. The van der Waals surface area contributed by atoms with Crippen molar-refractivity contribution >= 4 is 21.6 Å². The number of rotatable bonds is 4. The minimum Gasteiger partial charge on any atom is -0.340 e. The van der Waals surface area contributed by atoms with Gasteiger partial charge in [0.2, 0.25) is 15.9 Å². The van der Waals surface area contributed by atoms with E-state index in [1.54, 1.807) is 35.5 Å². The maximum atomic E-state index is 12.9. The molecule has 0 spiro atoms. The molecule has 6 nitrogen and oxygen atoms in total. The maximum absolute atomic E-state index is 12.9. The van der Waals surface area contributed by atoms with Crippen molar-refractivity contribution in [3.63, 3.8) is 0 Å². The van der Waals surface area contributed by atoms with Gasteiger partial charge >= 0.3 is 0 Å². The summed E-state index contributed by atoms with van der Waals surface area (Å²) in [6.07, 6.45) is 2.98. The van der Waals surface area contributed by atoms with Gasteiger partial charge in [0.05, 0.1) is 11.2 Å². The highest BCUT2D eigenvalue weighted by Gasteiger charge is 2.55. The molecule has 2 atom stereocenters. The zero-order chi connectivity index (χ0) is 17.7. The molecule has 4 rings (SSSR count). The van der Waals surface area contributed by atoms with E-state index in [9.17, 15) is 8.42 Å². The Morgan fingerprint density at radius 2 is 2.12 bits per heavy atom. The van der Waals surface area contributed by atoms with Crippen LogP contribution in [-0.2, 0) is 21.2 Å². The van der Waals surface area contributed by atoms with Gasteiger partial charge < -0.3 is 4.52 Å². The lowest BCUT2D eigenvalue weighted by Crippen LogP contribution is -2.36. The maximum Gasteiger partial charge on any atom is 0.223 e. The SMILES string of the molecule is Cc1nc([C@@]23CCC[C@@H]2CN(S(=O)(=O)Cc2ccc(Cl)cc2)C3)no1. The highest BCUT2D eigenvalue weighted by molar-refractivity contribution is 7.88. The van der Waals surface area contributed by atoms with Crippen LogP contribution in [0, 0.1) is 12.8 Å². The van der Waals surface area contributed by atoms with Crippen molar-refractivity contribution in [2.24, 2.45) is 5.92 Å². The molecule has 0 N–H and O–H groups in total. The molecule has 134 valence electrons. The molecule has 1 aliphatic carbocycles. The van der Waals surface area contributed by atoms with Gasteiger partial charge in [-0.05, 0) is 36.5 Å². The summed E-state index contributed by atoms with van der Waals surface area (Å²) in [5, 5.41) is 4.72. The van der Waals surface area contributed by atoms with Crippen molar-refractivity contribution in [2.45, 2.75) is 37.4 Å². The normalized spacial score (nSPS) is 26.9. The Labute approximate surface area is 152 Å². The van der Waals surface area contributed by atoms with Crippen LogP contribution < -0.4 is 0 Å². The van der Waals surface area contributed by atoms with Gasteiger partial charge in [0, 0.05) is 25.0 Å². The largest absolute Gasteiger partial charge is 0.340 e. The first-order valence-electron chi connectivity index (χ1n) is 8.42. The summed E-state index contributed by atoms with van der Waals surface area (Å²) < 4.78 is 32.6. The molecule has 8 heteroatoms. The van der Waals surface area contributed by atoms with Crippen LogP contribution in [0.5, 0.6) is 0 Å². The van der Waals surface area contributed by atoms with Gasteiger partial charge in [0.15, 0.2) is 5.82 Å². The van der Waals surface area contributed by atoms with Crippen LogP contribution in [-0.4, -0.2) is 36.0 Å². The minimum atomic E-state index is -3.40. The van der Waals surface area contributed by atoms with E-state index >= 15 is 0 Å². The van der Waals surface area contributed by atoms with E-state index in [1.807, 2.05) is 0 Å². The first-order chi connectivity index (χ1) is 11.9. The molecule has 25 heavy (non-hydrogen) atoms. The van der Waals surface area contributed by atoms with Gasteiger partial charge in [-0.1, -0.05) is 35.3 Å². The van der Waals surface area contributed by atoms with E-state index in [0.29, 0.717) is 29.8 Å². The molecule has 2 fully saturated rings. The molecule has 1 aromatic carbocycles. The lowest BCUT2D eigenvalue weighted by atomic mass is 9.80. The van der Waals surface area contributed by atoms with Gasteiger partial charge in [0.1, 0.15) is 0 Å². The standard InChI is InChI=1S/C17H20ClN3O3S/c1-12-19-16(20-24-12)17-8-2-3-14(17)9-21(11-17)25(22,23)10-13-4-6-15(18)7-5-13/h4-7,14H,2-3,8-11H2,1H3/t14-,17-/m1/s1. The Bertz CT molecular complexity index is 881. The van der Waals surface area contributed by atoms with E-state index in [4.69, 9.17) is 16.1 Å². The fourth-order valence-electron chi connectivity index (χ4n) is 4.20. The van der Waals surface area contributed by atoms with Gasteiger partial charge in [0.25, 0.3) is 0 Å². The second-order valence-corrected chi connectivity index (χ2v) is 9.46. The predicted octanol–water partition coefficient (Wildman–Crippen LogP) is 2.91. The highest BCUT2D eigenvalue weighted by Crippen LogP contribution is 2.50. The monoisotopic (exact) mass is 381 g/mol. The van der Waals surface area contributed by atoms with Gasteiger partial charge in [-0.3, -0.25) is 0 Å². The molecule has 1 aliphatic heterocycles. The molecule has 2 aromatic rings. The summed E-state index contributed by atoms with van der Waals surface area (Å²) in [5.74, 6) is 1.43. The average Bonchev–Trinajstić information content (AvgIpc) is 3.22. The van der Waals surface area contributed by atoms with Crippen molar-refractivity contribution in [2.75, 3.05) is 13.1 Å². The Morgan fingerprint density at radius 3 is 2.80 bits per heavy atom. The summed E-state index contributed by atoms with van der Waals surface area (Å²) >= 11 is 5.88. The van der Waals surface area contributed by atoms with E-state index in [1.165, 1.54) is 0 Å². The highest BCUT2D eigenvalue weighted by atomic mass is 35.5. The number of hydrogen-bond donors (Lipinski definition) is 0. The van der Waals surface area contributed by atoms with Crippen LogP contribution in [0.15, 0.2) is 28.8 Å². The molecule has 0 amide bonds. The third kappa shape index (κ3) is 2.98. The summed E-state index contributed by atoms with van der Waals surface area (Å²) in [6, 6.07) is 6.95. The van der Waals surface area contributed by atoms with Crippen LogP contribution >= 0.6 is 11.6 Å². The van der Waals surface area contributed by atoms with Gasteiger partial charge in [-0.25, -0.2) is 12.7 Å². The molecule has 2 heterocycles. The van der Waals surface area contributed by atoms with E-state index in [-0.39, 0.29) is 17.1 Å². The van der Waals surface area contributed by atoms with Crippen molar-refractivity contribution in [1.29, 1.82) is 0 Å². The fourth-order valence-corrected chi connectivity index (χ4v) is 5.96. The number of aromatic nitrogens is 2. The minimum absolute atomic E-state index is 0.0156. The second kappa shape index (κ2) is 6.07. The number of fused-ring (bicyclic) bond motifs is 1. The molecule has 1 aromatic heterocycles. The lowest BCUT2D eigenvalue weighted by molar-refractivity contribution is 0.332. The zero-order valence-corrected chi connectivity index (χ0v) is 15.6. The van der Waals surface area contributed by atoms with Crippen molar-refractivity contribution in [3.8, 4) is 0 Å².